The van der Waals surface area contributed by atoms with Crippen LogP contribution in [0.4, 0.5) is 4.20 Å². The number of hydrogen-bond acceptors (Lipinski definition) is 2. The molecule has 0 saturated carbocycles. The van der Waals surface area contributed by atoms with Crippen LogP contribution in [-0.4, -0.2) is 6.61 Å². The van der Waals surface area contributed by atoms with Crippen LogP contribution in [0.2, 0.25) is 0 Å². The molecule has 1 rings (SSSR count). The van der Waals surface area contributed by atoms with E-state index in [0.717, 1.165) is 0 Å². The van der Waals surface area contributed by atoms with Gasteiger partial charge in [0.1, 0.15) is 0 Å². The van der Waals surface area contributed by atoms with E-state index >= 15 is 0 Å². The second-order valence-corrected chi connectivity index (χ2v) is 3.97. The van der Waals surface area contributed by atoms with E-state index < -0.39 is 7.68 Å². The van der Waals surface area contributed by atoms with Gasteiger partial charge in [0.2, 0.25) is 0 Å². The highest BCUT2D eigenvalue weighted by Gasteiger charge is 2.23. The lowest BCUT2D eigenvalue weighted by atomic mass is 10.4. The van der Waals surface area contributed by atoms with Crippen molar-refractivity contribution in [2.75, 3.05) is 6.61 Å². The highest BCUT2D eigenvalue weighted by Crippen LogP contribution is 2.46. The van der Waals surface area contributed by atoms with Crippen molar-refractivity contribution in [3.8, 4) is 0 Å². The van der Waals surface area contributed by atoms with Gasteiger partial charge < -0.3 is 4.52 Å². The normalized spacial score (nSPS) is 15.5. The van der Waals surface area contributed by atoms with Gasteiger partial charge in [0, 0.05) is 0 Å². The average Bonchev–Trinajstić information content (AvgIpc) is 2.06. The van der Waals surface area contributed by atoms with E-state index in [1.807, 2.05) is 0 Å². The van der Waals surface area contributed by atoms with E-state index in [1.54, 1.807) is 25.1 Å². The SMILES string of the molecule is CCO[P@](=O)(F)c1ccccc1. The third-order valence-electron chi connectivity index (χ3n) is 1.36. The summed E-state index contributed by atoms with van der Waals surface area (Å²) >= 11 is 0. The lowest BCUT2D eigenvalue weighted by Crippen LogP contribution is -2.02. The molecule has 0 saturated heterocycles. The first-order valence-electron chi connectivity index (χ1n) is 3.66. The molecule has 12 heavy (non-hydrogen) atoms. The van der Waals surface area contributed by atoms with Crippen LogP contribution in [-0.2, 0) is 9.09 Å². The Balaban J connectivity index is 2.90. The smallest absolute Gasteiger partial charge is 0.302 e. The fraction of sp³-hybridized carbons (Fsp3) is 0.250. The molecule has 0 aliphatic heterocycles. The molecule has 0 aromatic heterocycles. The molecule has 0 aliphatic rings. The average molecular weight is 188 g/mol. The lowest BCUT2D eigenvalue weighted by Gasteiger charge is -2.06. The second kappa shape index (κ2) is 3.83. The summed E-state index contributed by atoms with van der Waals surface area (Å²) in [6, 6.07) is 7.89. The fourth-order valence-corrected chi connectivity index (χ4v) is 1.86. The van der Waals surface area contributed by atoms with Gasteiger partial charge >= 0.3 is 7.68 Å². The van der Waals surface area contributed by atoms with Crippen molar-refractivity contribution in [1.82, 2.24) is 0 Å². The third kappa shape index (κ3) is 2.16. The zero-order valence-electron chi connectivity index (χ0n) is 6.74. The van der Waals surface area contributed by atoms with Crippen molar-refractivity contribution in [2.24, 2.45) is 0 Å². The number of rotatable bonds is 3. The van der Waals surface area contributed by atoms with Crippen LogP contribution in [0, 0.1) is 0 Å². The molecule has 0 amide bonds. The van der Waals surface area contributed by atoms with Crippen LogP contribution < -0.4 is 5.30 Å². The predicted molar refractivity (Wildman–Crippen MR) is 46.4 cm³/mol. The monoisotopic (exact) mass is 188 g/mol. The van der Waals surface area contributed by atoms with Crippen LogP contribution in [0.1, 0.15) is 6.92 Å². The van der Waals surface area contributed by atoms with E-state index in [0.29, 0.717) is 0 Å². The molecule has 2 nitrogen and oxygen atoms in total. The van der Waals surface area contributed by atoms with Crippen molar-refractivity contribution in [3.05, 3.63) is 30.3 Å². The van der Waals surface area contributed by atoms with E-state index in [9.17, 15) is 8.76 Å². The van der Waals surface area contributed by atoms with E-state index in [-0.39, 0.29) is 11.9 Å². The van der Waals surface area contributed by atoms with Crippen LogP contribution in [0.25, 0.3) is 0 Å². The highest BCUT2D eigenvalue weighted by molar-refractivity contribution is 7.61. The fourth-order valence-electron chi connectivity index (χ4n) is 0.847. The molecule has 0 N–H and O–H groups in total. The van der Waals surface area contributed by atoms with Crippen LogP contribution in [0.5, 0.6) is 0 Å². The van der Waals surface area contributed by atoms with E-state index in [1.165, 1.54) is 12.1 Å². The summed E-state index contributed by atoms with van der Waals surface area (Å²) in [5.74, 6) is 0. The van der Waals surface area contributed by atoms with Crippen molar-refractivity contribution >= 4 is 13.0 Å². The Morgan fingerprint density at radius 3 is 2.50 bits per heavy atom. The molecule has 1 aromatic carbocycles. The maximum atomic E-state index is 13.2. The summed E-state index contributed by atoms with van der Waals surface area (Å²) in [6.07, 6.45) is 0. The molecule has 1 atom stereocenters. The Labute approximate surface area is 70.9 Å². The minimum Gasteiger partial charge on any atom is -0.302 e. The van der Waals surface area contributed by atoms with Gasteiger partial charge in [0.15, 0.2) is 0 Å². The third-order valence-corrected chi connectivity index (χ3v) is 2.87. The van der Waals surface area contributed by atoms with Crippen molar-refractivity contribution in [3.63, 3.8) is 0 Å². The van der Waals surface area contributed by atoms with Crippen molar-refractivity contribution < 1.29 is 13.3 Å². The topological polar surface area (TPSA) is 26.3 Å². The first-order valence-corrected chi connectivity index (χ1v) is 5.18. The molecule has 0 heterocycles. The molecular weight excluding hydrogens is 178 g/mol. The van der Waals surface area contributed by atoms with E-state index in [4.69, 9.17) is 0 Å². The Hall–Kier alpha value is -0.660. The summed E-state index contributed by atoms with van der Waals surface area (Å²) < 4.78 is 28.8. The largest absolute Gasteiger partial charge is 0.397 e. The minimum absolute atomic E-state index is 0.114. The van der Waals surface area contributed by atoms with Crippen LogP contribution in [0.15, 0.2) is 30.3 Å². The number of halogens is 1. The quantitative estimate of drug-likeness (QED) is 0.681. The van der Waals surface area contributed by atoms with E-state index in [2.05, 4.69) is 4.52 Å². The van der Waals surface area contributed by atoms with Gasteiger partial charge in [-0.25, -0.2) is 4.57 Å². The van der Waals surface area contributed by atoms with Crippen molar-refractivity contribution in [1.29, 1.82) is 0 Å². The van der Waals surface area contributed by atoms with Gasteiger partial charge in [-0.15, -0.1) is 0 Å². The molecule has 0 radical (unpaired) electrons. The van der Waals surface area contributed by atoms with Gasteiger partial charge in [0.25, 0.3) is 0 Å². The summed E-state index contributed by atoms with van der Waals surface area (Å²) in [5.41, 5.74) is 0. The Morgan fingerprint density at radius 2 is 2.00 bits per heavy atom. The molecule has 1 aromatic rings. The predicted octanol–water partition coefficient (Wildman–Crippen LogP) is 2.51. The number of hydrogen-bond donors (Lipinski definition) is 0. The molecule has 0 aliphatic carbocycles. The molecule has 4 heteroatoms. The van der Waals surface area contributed by atoms with Gasteiger partial charge in [-0.05, 0) is 19.1 Å². The minimum atomic E-state index is -4.04. The molecule has 0 bridgehead atoms. The zero-order chi connectivity index (χ0) is 9.03. The molecule has 66 valence electrons. The van der Waals surface area contributed by atoms with Crippen LogP contribution >= 0.6 is 7.68 Å². The summed E-state index contributed by atoms with van der Waals surface area (Å²) in [6.45, 7) is 1.72. The molecule has 0 unspecified atom stereocenters. The standard InChI is InChI=1S/C8H10FO2P/c1-2-11-12(9,10)8-6-4-3-5-7-8/h3-7H,2H2,1H3/t12-/m0/s1. The highest BCUT2D eigenvalue weighted by atomic mass is 31.2. The van der Waals surface area contributed by atoms with Gasteiger partial charge in [-0.3, -0.25) is 0 Å². The van der Waals surface area contributed by atoms with Gasteiger partial charge in [-0.2, -0.15) is 4.20 Å². The summed E-state index contributed by atoms with van der Waals surface area (Å²) in [4.78, 5) is 0. The lowest BCUT2D eigenvalue weighted by molar-refractivity contribution is 0.313. The first-order chi connectivity index (χ1) is 5.67. The molecule has 0 fully saturated rings. The van der Waals surface area contributed by atoms with Crippen molar-refractivity contribution in [2.45, 2.75) is 6.92 Å². The van der Waals surface area contributed by atoms with Gasteiger partial charge in [-0.1, -0.05) is 18.2 Å². The molecule has 0 spiro atoms. The summed E-state index contributed by atoms with van der Waals surface area (Å²) in [5, 5.41) is 0.117. The Morgan fingerprint density at radius 1 is 1.42 bits per heavy atom. The number of benzene rings is 1. The van der Waals surface area contributed by atoms with Crippen LogP contribution in [0.3, 0.4) is 0 Å². The van der Waals surface area contributed by atoms with Gasteiger partial charge in [0.05, 0.1) is 11.9 Å². The second-order valence-electron chi connectivity index (χ2n) is 2.23. The zero-order valence-corrected chi connectivity index (χ0v) is 7.63. The molecular formula is C8H10FO2P. The maximum absolute atomic E-state index is 13.2. The Kier molecular flexibility index (Phi) is 3.01. The maximum Gasteiger partial charge on any atom is 0.397 e. The summed E-state index contributed by atoms with van der Waals surface area (Å²) in [7, 11) is -4.04. The Bertz CT molecular complexity index is 286. The first kappa shape index (κ1) is 9.43.